The van der Waals surface area contributed by atoms with Crippen molar-refractivity contribution in [1.29, 1.82) is 0 Å². The minimum atomic E-state index is -0.386. The number of carbonyl (C=O) groups is 1. The monoisotopic (exact) mass is 201 g/mol. The Balaban J connectivity index is 2.93. The van der Waals surface area contributed by atoms with E-state index in [9.17, 15) is 4.79 Å². The van der Waals surface area contributed by atoms with Crippen molar-refractivity contribution in [2.75, 3.05) is 6.61 Å². The van der Waals surface area contributed by atoms with E-state index in [1.807, 2.05) is 0 Å². The van der Waals surface area contributed by atoms with Gasteiger partial charge in [-0.15, -0.1) is 0 Å². The fraction of sp³-hybridized carbons (Fsp3) is 0.429. The molecule has 0 saturated carbocycles. The maximum atomic E-state index is 11.3. The van der Waals surface area contributed by atoms with Crippen molar-refractivity contribution in [3.63, 3.8) is 0 Å². The van der Waals surface area contributed by atoms with Crippen molar-refractivity contribution < 1.29 is 9.53 Å². The minimum absolute atomic E-state index is 0.350. The summed E-state index contributed by atoms with van der Waals surface area (Å²) in [5.41, 5.74) is 0.414. The van der Waals surface area contributed by atoms with E-state index in [0.29, 0.717) is 17.2 Å². The molecule has 1 aromatic rings. The highest BCUT2D eigenvalue weighted by Crippen LogP contribution is 2.17. The van der Waals surface area contributed by atoms with Gasteiger partial charge in [-0.1, -0.05) is 0 Å². The van der Waals surface area contributed by atoms with Gasteiger partial charge in [0.05, 0.1) is 12.8 Å². The van der Waals surface area contributed by atoms with Gasteiger partial charge in [0.15, 0.2) is 0 Å². The van der Waals surface area contributed by atoms with Crippen molar-refractivity contribution >= 4 is 17.9 Å². The molecule has 0 saturated heterocycles. The van der Waals surface area contributed by atoms with E-state index in [0.717, 1.165) is 11.9 Å². The van der Waals surface area contributed by atoms with Crippen molar-refractivity contribution in [3.8, 4) is 0 Å². The second kappa shape index (κ2) is 4.29. The first-order chi connectivity index (χ1) is 6.20. The molecule has 2 N–H and O–H groups in total. The molecule has 0 radical (unpaired) electrons. The molecule has 6 heteroatoms. The highest BCUT2D eigenvalue weighted by molar-refractivity contribution is 7.97. The summed E-state index contributed by atoms with van der Waals surface area (Å²) < 4.78 is 6.36. The lowest BCUT2D eigenvalue weighted by Crippen LogP contribution is -2.06. The molecule has 0 bridgehead atoms. The van der Waals surface area contributed by atoms with Crippen LogP contribution in [0.25, 0.3) is 0 Å². The topological polar surface area (TPSA) is 70.1 Å². The largest absolute Gasteiger partial charge is 0.462 e. The number of hydrogen-bond donors (Lipinski definition) is 1. The number of ether oxygens (including phenoxy) is 1. The van der Waals surface area contributed by atoms with Crippen LogP contribution in [0.2, 0.25) is 0 Å². The van der Waals surface area contributed by atoms with Crippen LogP contribution >= 0.6 is 11.9 Å². The second-order valence-electron chi connectivity index (χ2n) is 2.33. The van der Waals surface area contributed by atoms with Crippen LogP contribution in [0, 0.1) is 0 Å². The molecule has 0 aromatic carbocycles. The summed E-state index contributed by atoms with van der Waals surface area (Å²) in [6.07, 6.45) is 1.45. The average molecular weight is 201 g/mol. The Hall–Kier alpha value is -1.01. The molecule has 0 amide bonds. The smallest absolute Gasteiger partial charge is 0.342 e. The summed E-state index contributed by atoms with van der Waals surface area (Å²) in [4.78, 5) is 11.3. The molecule has 0 aliphatic rings. The maximum absolute atomic E-state index is 11.3. The van der Waals surface area contributed by atoms with E-state index in [1.165, 1.54) is 10.9 Å². The SMILES string of the molecule is CCOC(=O)c1cnn(C)c1SN. The summed E-state index contributed by atoms with van der Waals surface area (Å²) in [6, 6.07) is 0. The zero-order valence-corrected chi connectivity index (χ0v) is 8.30. The summed E-state index contributed by atoms with van der Waals surface area (Å²) in [7, 11) is 1.72. The first-order valence-corrected chi connectivity index (χ1v) is 4.64. The van der Waals surface area contributed by atoms with E-state index in [1.54, 1.807) is 14.0 Å². The number of nitrogens with two attached hydrogens (primary N) is 1. The highest BCUT2D eigenvalue weighted by atomic mass is 32.2. The molecule has 13 heavy (non-hydrogen) atoms. The third-order valence-corrected chi connectivity index (χ3v) is 2.20. The molecular formula is C7H11N3O2S. The molecule has 72 valence electrons. The zero-order valence-electron chi connectivity index (χ0n) is 7.48. The van der Waals surface area contributed by atoms with E-state index in [-0.39, 0.29) is 5.97 Å². The summed E-state index contributed by atoms with van der Waals surface area (Å²) in [5, 5.41) is 9.89. The number of aryl methyl sites for hydroxylation is 1. The van der Waals surface area contributed by atoms with Crippen molar-refractivity contribution in [1.82, 2.24) is 9.78 Å². The van der Waals surface area contributed by atoms with Gasteiger partial charge >= 0.3 is 5.97 Å². The molecule has 0 unspecified atom stereocenters. The van der Waals surface area contributed by atoms with Crippen molar-refractivity contribution in [2.45, 2.75) is 11.9 Å². The van der Waals surface area contributed by atoms with Gasteiger partial charge in [-0.05, 0) is 18.9 Å². The molecule has 0 aliphatic carbocycles. The zero-order chi connectivity index (χ0) is 9.84. The first-order valence-electron chi connectivity index (χ1n) is 3.76. The summed E-state index contributed by atoms with van der Waals surface area (Å²) in [5.74, 6) is -0.386. The highest BCUT2D eigenvalue weighted by Gasteiger charge is 2.16. The fourth-order valence-electron chi connectivity index (χ4n) is 0.915. The van der Waals surface area contributed by atoms with Gasteiger partial charge in [0.2, 0.25) is 0 Å². The van der Waals surface area contributed by atoms with Gasteiger partial charge in [-0.25, -0.2) is 4.79 Å². The number of carbonyl (C=O) groups excluding carboxylic acids is 1. The van der Waals surface area contributed by atoms with Crippen LogP contribution in [-0.4, -0.2) is 22.4 Å². The Morgan fingerprint density at radius 3 is 3.08 bits per heavy atom. The normalized spacial score (nSPS) is 10.1. The maximum Gasteiger partial charge on any atom is 0.342 e. The van der Waals surface area contributed by atoms with E-state index in [2.05, 4.69) is 5.10 Å². The van der Waals surface area contributed by atoms with Crippen LogP contribution in [0.1, 0.15) is 17.3 Å². The van der Waals surface area contributed by atoms with Crippen molar-refractivity contribution in [3.05, 3.63) is 11.8 Å². The Kier molecular flexibility index (Phi) is 3.32. The molecule has 5 nitrogen and oxygen atoms in total. The van der Waals surface area contributed by atoms with Crippen LogP contribution in [0.15, 0.2) is 11.2 Å². The van der Waals surface area contributed by atoms with Crippen LogP contribution in [0.5, 0.6) is 0 Å². The Labute approximate surface area is 80.4 Å². The Bertz CT molecular complexity index is 311. The third-order valence-electron chi connectivity index (χ3n) is 1.49. The van der Waals surface area contributed by atoms with Gasteiger partial charge < -0.3 is 4.74 Å². The van der Waals surface area contributed by atoms with Crippen LogP contribution in [0.3, 0.4) is 0 Å². The Morgan fingerprint density at radius 2 is 2.54 bits per heavy atom. The molecule has 1 aromatic heterocycles. The van der Waals surface area contributed by atoms with Crippen LogP contribution in [0.4, 0.5) is 0 Å². The predicted molar refractivity (Wildman–Crippen MR) is 49.2 cm³/mol. The van der Waals surface area contributed by atoms with Gasteiger partial charge in [0.1, 0.15) is 10.6 Å². The van der Waals surface area contributed by atoms with Crippen LogP contribution < -0.4 is 5.14 Å². The lowest BCUT2D eigenvalue weighted by atomic mass is 10.4. The first kappa shape index (κ1) is 10.1. The number of aromatic nitrogens is 2. The molecule has 0 atom stereocenters. The lowest BCUT2D eigenvalue weighted by Gasteiger charge is -2.01. The molecule has 0 aliphatic heterocycles. The van der Waals surface area contributed by atoms with E-state index in [4.69, 9.17) is 9.88 Å². The van der Waals surface area contributed by atoms with Crippen LogP contribution in [-0.2, 0) is 11.8 Å². The van der Waals surface area contributed by atoms with E-state index >= 15 is 0 Å². The van der Waals surface area contributed by atoms with Gasteiger partial charge in [0, 0.05) is 7.05 Å². The summed E-state index contributed by atoms with van der Waals surface area (Å²) in [6.45, 7) is 2.10. The predicted octanol–water partition coefficient (Wildman–Crippen LogP) is 0.563. The number of nitrogens with zero attached hydrogens (tertiary/aromatic N) is 2. The van der Waals surface area contributed by atoms with E-state index < -0.39 is 0 Å². The Morgan fingerprint density at radius 1 is 1.85 bits per heavy atom. The molecule has 0 spiro atoms. The molecule has 1 rings (SSSR count). The number of hydrogen-bond acceptors (Lipinski definition) is 5. The van der Waals surface area contributed by atoms with Gasteiger partial charge in [0.25, 0.3) is 0 Å². The number of esters is 1. The van der Waals surface area contributed by atoms with Crippen molar-refractivity contribution in [2.24, 2.45) is 12.2 Å². The average Bonchev–Trinajstić information content (AvgIpc) is 2.47. The second-order valence-corrected chi connectivity index (χ2v) is 2.95. The summed E-state index contributed by atoms with van der Waals surface area (Å²) >= 11 is 0.983. The standard InChI is InChI=1S/C7H11N3O2S/c1-3-12-7(11)5-4-9-10(2)6(5)13-8/h4H,3,8H2,1-2H3. The lowest BCUT2D eigenvalue weighted by molar-refractivity contribution is 0.0522. The fourth-order valence-corrected chi connectivity index (χ4v) is 1.38. The minimum Gasteiger partial charge on any atom is -0.462 e. The van der Waals surface area contributed by atoms with Gasteiger partial charge in [-0.3, -0.25) is 9.82 Å². The molecule has 1 heterocycles. The third kappa shape index (κ3) is 2.02. The molecular weight excluding hydrogens is 190 g/mol. The molecule has 0 fully saturated rings. The quantitative estimate of drug-likeness (QED) is 0.571. The number of rotatable bonds is 3. The van der Waals surface area contributed by atoms with Gasteiger partial charge in [-0.2, -0.15) is 5.10 Å².